The van der Waals surface area contributed by atoms with Crippen molar-refractivity contribution in [2.24, 2.45) is 0 Å². The Labute approximate surface area is 39.2 Å². The fraction of sp³-hybridized carbons (Fsp3) is 0. The van der Waals surface area contributed by atoms with Gasteiger partial charge < -0.3 is 5.41 Å². The number of hydrogen-bond donors (Lipinski definition) is 0. The fourth-order valence-electron chi connectivity index (χ4n) is 0. The summed E-state index contributed by atoms with van der Waals surface area (Å²) in [5, 5.41) is 6.76. The molecule has 0 spiro atoms. The molecule has 26 valence electrons. The Morgan fingerprint density at radius 1 is 1.75 bits per heavy atom. The van der Waals surface area contributed by atoms with Crippen LogP contribution in [0.2, 0.25) is 0 Å². The normalized spacial score (nSPS) is 2.00. The zero-order valence-electron chi connectivity index (χ0n) is 1.66. The molecule has 0 fully saturated rings. The third kappa shape index (κ3) is 184. The van der Waals surface area contributed by atoms with Gasteiger partial charge in [0.2, 0.25) is 0 Å². The monoisotopic (exact) mass is 149 g/mol. The van der Waals surface area contributed by atoms with Gasteiger partial charge in [-0.25, -0.2) is 0 Å². The van der Waals surface area contributed by atoms with Crippen LogP contribution in [-0.2, 0) is 27.2 Å². The Hall–Kier alpha value is 0.120. The van der Waals surface area contributed by atoms with E-state index in [4.69, 9.17) is 10.2 Å². The minimum absolute atomic E-state index is 0. The Morgan fingerprint density at radius 3 is 1.75 bits per heavy atom. The van der Waals surface area contributed by atoms with Crippen LogP contribution in [0.4, 0.5) is 0 Å². The maximum atomic E-state index is 8.24. The van der Waals surface area contributed by atoms with Gasteiger partial charge in [0.1, 0.15) is 0 Å². The Kier molecular flexibility index (Phi) is 24.9. The fourth-order valence-corrected chi connectivity index (χ4v) is 0. The SMILES string of the molecule is [Ag+].[N-]=C=O. The molecule has 0 aliphatic carbocycles. The molecule has 0 unspecified atom stereocenters. The largest absolute Gasteiger partial charge is 1.00 e. The number of isocyanates is 1. The summed E-state index contributed by atoms with van der Waals surface area (Å²) in [7, 11) is 0. The van der Waals surface area contributed by atoms with Crippen LogP contribution < -0.4 is 0 Å². The van der Waals surface area contributed by atoms with E-state index in [2.05, 4.69) is 0 Å². The van der Waals surface area contributed by atoms with E-state index in [1.165, 1.54) is 0 Å². The summed E-state index contributed by atoms with van der Waals surface area (Å²) in [5.41, 5.74) is 0. The van der Waals surface area contributed by atoms with Crippen LogP contribution in [0.5, 0.6) is 0 Å². The van der Waals surface area contributed by atoms with Crippen molar-refractivity contribution in [1.29, 1.82) is 0 Å². The molecule has 0 aromatic heterocycles. The summed E-state index contributed by atoms with van der Waals surface area (Å²) < 4.78 is 0. The predicted molar refractivity (Wildman–Crippen MR) is 9.05 cm³/mol. The maximum Gasteiger partial charge on any atom is 1.00 e. The average molecular weight is 150 g/mol. The molecule has 0 heterocycles. The molecular weight excluding hydrogens is 150 g/mol. The number of nitrogens with zero attached hydrogens (tertiary/aromatic N) is 1. The van der Waals surface area contributed by atoms with Crippen LogP contribution in [-0.4, -0.2) is 6.08 Å². The van der Waals surface area contributed by atoms with Crippen LogP contribution >= 0.6 is 0 Å². The first kappa shape index (κ1) is 8.92. The molecule has 0 saturated heterocycles. The second-order valence-corrected chi connectivity index (χ2v) is 0.0913. The summed E-state index contributed by atoms with van der Waals surface area (Å²) in [6.45, 7) is 0. The van der Waals surface area contributed by atoms with Crippen molar-refractivity contribution in [3.63, 3.8) is 0 Å². The summed E-state index contributed by atoms with van der Waals surface area (Å²) in [5.74, 6) is 0. The summed E-state index contributed by atoms with van der Waals surface area (Å²) in [6.07, 6.45) is 0.500. The van der Waals surface area contributed by atoms with Gasteiger partial charge in [-0.3, -0.25) is 4.79 Å². The van der Waals surface area contributed by atoms with E-state index in [-0.39, 0.29) is 22.4 Å². The number of rotatable bonds is 0. The maximum absolute atomic E-state index is 8.24. The standard InChI is InChI=1S/CNO.Ag/c2-1-3;/q-1;+1. The second-order valence-electron chi connectivity index (χ2n) is 0.0913. The van der Waals surface area contributed by atoms with Crippen LogP contribution in [0.1, 0.15) is 0 Å². The van der Waals surface area contributed by atoms with E-state index < -0.39 is 0 Å². The van der Waals surface area contributed by atoms with Crippen LogP contribution in [0.15, 0.2) is 0 Å². The van der Waals surface area contributed by atoms with Crippen LogP contribution in [0.25, 0.3) is 5.41 Å². The molecular formula is CAgNO. The van der Waals surface area contributed by atoms with Gasteiger partial charge in [0.25, 0.3) is 0 Å². The Balaban J connectivity index is 0. The van der Waals surface area contributed by atoms with Crippen LogP contribution in [0.3, 0.4) is 0 Å². The molecule has 0 N–H and O–H groups in total. The van der Waals surface area contributed by atoms with E-state index in [9.17, 15) is 0 Å². The molecule has 0 atom stereocenters. The Morgan fingerprint density at radius 2 is 1.75 bits per heavy atom. The molecule has 0 rings (SSSR count). The first-order valence-electron chi connectivity index (χ1n) is 0.428. The smallest absolute Gasteiger partial charge is 0.724 e. The summed E-state index contributed by atoms with van der Waals surface area (Å²) >= 11 is 0. The topological polar surface area (TPSA) is 39.4 Å². The molecule has 4 heavy (non-hydrogen) atoms. The van der Waals surface area contributed by atoms with Crippen molar-refractivity contribution >= 4 is 6.08 Å². The van der Waals surface area contributed by atoms with E-state index in [0.717, 1.165) is 0 Å². The van der Waals surface area contributed by atoms with Crippen molar-refractivity contribution in [3.8, 4) is 0 Å². The van der Waals surface area contributed by atoms with Crippen molar-refractivity contribution < 1.29 is 27.2 Å². The van der Waals surface area contributed by atoms with Gasteiger partial charge in [0.05, 0.1) is 0 Å². The third-order valence-corrected chi connectivity index (χ3v) is 0. The van der Waals surface area contributed by atoms with Gasteiger partial charge in [0.15, 0.2) is 0 Å². The van der Waals surface area contributed by atoms with Gasteiger partial charge in [-0.15, -0.1) is 0 Å². The first-order valence-corrected chi connectivity index (χ1v) is 0.428. The summed E-state index contributed by atoms with van der Waals surface area (Å²) in [6, 6.07) is 0. The van der Waals surface area contributed by atoms with Crippen LogP contribution in [0, 0.1) is 0 Å². The zero-order valence-corrected chi connectivity index (χ0v) is 3.14. The van der Waals surface area contributed by atoms with Gasteiger partial charge in [0, 0.05) is 0 Å². The number of carbonyl (C=O) groups excluding carboxylic acids is 1. The summed E-state index contributed by atoms with van der Waals surface area (Å²) in [4.78, 5) is 8.24. The van der Waals surface area contributed by atoms with Crippen molar-refractivity contribution in [1.82, 2.24) is 0 Å². The molecule has 0 amide bonds. The predicted octanol–water partition coefficient (Wildman–Crippen LogP) is -0.111. The van der Waals surface area contributed by atoms with Crippen molar-refractivity contribution in [2.75, 3.05) is 0 Å². The molecule has 0 aromatic carbocycles. The van der Waals surface area contributed by atoms with Gasteiger partial charge in [-0.1, -0.05) is 0 Å². The molecule has 0 saturated carbocycles. The molecule has 0 aromatic rings. The molecule has 0 radical (unpaired) electrons. The van der Waals surface area contributed by atoms with E-state index >= 15 is 0 Å². The Bertz CT molecular complexity index is 29.0. The van der Waals surface area contributed by atoms with Gasteiger partial charge >= 0.3 is 22.4 Å². The van der Waals surface area contributed by atoms with E-state index in [0.29, 0.717) is 6.08 Å². The third-order valence-electron chi connectivity index (χ3n) is 0. The molecule has 3 heteroatoms. The minimum atomic E-state index is 0. The van der Waals surface area contributed by atoms with E-state index in [1.807, 2.05) is 0 Å². The van der Waals surface area contributed by atoms with Crippen molar-refractivity contribution in [2.45, 2.75) is 0 Å². The van der Waals surface area contributed by atoms with Crippen molar-refractivity contribution in [3.05, 3.63) is 5.41 Å². The van der Waals surface area contributed by atoms with E-state index in [1.54, 1.807) is 0 Å². The molecule has 2 nitrogen and oxygen atoms in total. The quantitative estimate of drug-likeness (QED) is 0.269. The van der Waals surface area contributed by atoms with Gasteiger partial charge in [-0.2, -0.15) is 0 Å². The average Bonchev–Trinajstić information content (AvgIpc) is 0.918. The first-order chi connectivity index (χ1) is 1.41. The van der Waals surface area contributed by atoms with Gasteiger partial charge in [-0.05, 0) is 6.08 Å². The zero-order chi connectivity index (χ0) is 2.71. The minimum Gasteiger partial charge on any atom is -0.724 e. The molecule has 0 bridgehead atoms. The number of hydrogen-bond acceptors (Lipinski definition) is 1. The second kappa shape index (κ2) is 11.2. The molecule has 0 aliphatic heterocycles. The molecule has 0 aliphatic rings.